The van der Waals surface area contributed by atoms with E-state index in [2.05, 4.69) is 10.6 Å². The Balaban J connectivity index is 1.46. The van der Waals surface area contributed by atoms with Gasteiger partial charge in [-0.2, -0.15) is 0 Å². The van der Waals surface area contributed by atoms with Crippen molar-refractivity contribution in [2.75, 3.05) is 25.0 Å². The Morgan fingerprint density at radius 3 is 2.24 bits per heavy atom. The summed E-state index contributed by atoms with van der Waals surface area (Å²) in [6, 6.07) is 7.72. The molecule has 2 aliphatic rings. The minimum absolute atomic E-state index is 0.00263. The quantitative estimate of drug-likeness (QED) is 0.863. The van der Waals surface area contributed by atoms with Crippen molar-refractivity contribution in [2.24, 2.45) is 0 Å². The van der Waals surface area contributed by atoms with Crippen LogP contribution in [0, 0.1) is 0 Å². The number of nitrogens with one attached hydrogen (secondary N) is 2. The Kier molecular flexibility index (Phi) is 6.31. The van der Waals surface area contributed by atoms with Crippen molar-refractivity contribution in [1.82, 2.24) is 10.2 Å². The van der Waals surface area contributed by atoms with Gasteiger partial charge >= 0.3 is 0 Å². The zero-order valence-electron chi connectivity index (χ0n) is 14.9. The summed E-state index contributed by atoms with van der Waals surface area (Å²) < 4.78 is 0. The fraction of sp³-hybridized carbons (Fsp3) is 0.600. The lowest BCUT2D eigenvalue weighted by atomic mass is 9.95. The van der Waals surface area contributed by atoms with E-state index in [0.717, 1.165) is 44.5 Å². The van der Waals surface area contributed by atoms with Gasteiger partial charge in [0.2, 0.25) is 5.91 Å². The molecular weight excluding hydrogens is 314 g/mol. The predicted octanol–water partition coefficient (Wildman–Crippen LogP) is 3.17. The molecule has 2 fully saturated rings. The summed E-state index contributed by atoms with van der Waals surface area (Å²) in [7, 11) is 0. The fourth-order valence-electron chi connectivity index (χ4n) is 3.69. The van der Waals surface area contributed by atoms with Crippen molar-refractivity contribution in [2.45, 2.75) is 57.4 Å². The van der Waals surface area contributed by atoms with Gasteiger partial charge in [0.05, 0.1) is 6.54 Å². The molecule has 136 valence electrons. The summed E-state index contributed by atoms with van der Waals surface area (Å²) in [5.41, 5.74) is 1.55. The highest BCUT2D eigenvalue weighted by atomic mass is 16.2. The standard InChI is InChI=1S/C20H29N3O2/c24-19(23-13-5-2-6-14-23)15-21-17-11-9-16(10-12-17)20(25)22-18-7-3-1-4-8-18/h9-12,18,21H,1-8,13-15H2,(H,22,25). The molecule has 2 N–H and O–H groups in total. The van der Waals surface area contributed by atoms with Gasteiger partial charge in [-0.1, -0.05) is 19.3 Å². The van der Waals surface area contributed by atoms with E-state index in [0.29, 0.717) is 18.2 Å². The van der Waals surface area contributed by atoms with Crippen LogP contribution in [0.25, 0.3) is 0 Å². The van der Waals surface area contributed by atoms with E-state index in [1.165, 1.54) is 25.7 Å². The fourth-order valence-corrected chi connectivity index (χ4v) is 3.69. The lowest BCUT2D eigenvalue weighted by Crippen LogP contribution is -2.39. The molecule has 1 saturated heterocycles. The monoisotopic (exact) mass is 343 g/mol. The Morgan fingerprint density at radius 2 is 1.56 bits per heavy atom. The normalized spacial score (nSPS) is 18.6. The maximum Gasteiger partial charge on any atom is 0.251 e. The zero-order valence-corrected chi connectivity index (χ0v) is 14.9. The van der Waals surface area contributed by atoms with Crippen LogP contribution in [-0.2, 0) is 4.79 Å². The first-order chi connectivity index (χ1) is 12.2. The summed E-state index contributed by atoms with van der Waals surface area (Å²) in [6.45, 7) is 2.06. The molecule has 1 heterocycles. The molecule has 0 aromatic heterocycles. The highest BCUT2D eigenvalue weighted by molar-refractivity contribution is 5.94. The number of carbonyl (C=O) groups is 2. The second-order valence-electron chi connectivity index (χ2n) is 7.18. The maximum absolute atomic E-state index is 12.3. The highest BCUT2D eigenvalue weighted by Gasteiger charge is 2.17. The smallest absolute Gasteiger partial charge is 0.251 e. The molecule has 5 heteroatoms. The maximum atomic E-state index is 12.3. The number of nitrogens with zero attached hydrogens (tertiary/aromatic N) is 1. The number of piperidine rings is 1. The van der Waals surface area contributed by atoms with Crippen LogP contribution >= 0.6 is 0 Å². The van der Waals surface area contributed by atoms with Crippen molar-refractivity contribution in [1.29, 1.82) is 0 Å². The zero-order chi connectivity index (χ0) is 17.5. The van der Waals surface area contributed by atoms with E-state index in [9.17, 15) is 9.59 Å². The molecule has 0 bridgehead atoms. The van der Waals surface area contributed by atoms with Crippen LogP contribution in [0.15, 0.2) is 24.3 Å². The number of amides is 2. The Bertz CT molecular complexity index is 573. The van der Waals surface area contributed by atoms with Gasteiger partial charge in [0.25, 0.3) is 5.91 Å². The number of benzene rings is 1. The van der Waals surface area contributed by atoms with Crippen molar-refractivity contribution < 1.29 is 9.59 Å². The van der Waals surface area contributed by atoms with Crippen LogP contribution in [-0.4, -0.2) is 42.4 Å². The molecule has 2 amide bonds. The summed E-state index contributed by atoms with van der Waals surface area (Å²) in [6.07, 6.45) is 9.31. The molecular formula is C20H29N3O2. The number of rotatable bonds is 5. The van der Waals surface area contributed by atoms with Gasteiger partial charge in [-0.05, 0) is 56.4 Å². The van der Waals surface area contributed by atoms with Gasteiger partial charge in [0.1, 0.15) is 0 Å². The second kappa shape index (κ2) is 8.88. The minimum Gasteiger partial charge on any atom is -0.376 e. The number of hydrogen-bond donors (Lipinski definition) is 2. The van der Waals surface area contributed by atoms with E-state index in [1.54, 1.807) is 0 Å². The van der Waals surface area contributed by atoms with Crippen LogP contribution in [0.5, 0.6) is 0 Å². The molecule has 1 aliphatic heterocycles. The molecule has 1 aliphatic carbocycles. The Hall–Kier alpha value is -2.04. The average Bonchev–Trinajstić information content (AvgIpc) is 2.68. The van der Waals surface area contributed by atoms with Gasteiger partial charge in [0.15, 0.2) is 0 Å². The molecule has 0 atom stereocenters. The molecule has 25 heavy (non-hydrogen) atoms. The topological polar surface area (TPSA) is 61.4 Å². The lowest BCUT2D eigenvalue weighted by Gasteiger charge is -2.26. The van der Waals surface area contributed by atoms with Crippen molar-refractivity contribution in [3.63, 3.8) is 0 Å². The minimum atomic E-state index is 0.00263. The molecule has 0 unspecified atom stereocenters. The molecule has 5 nitrogen and oxygen atoms in total. The summed E-state index contributed by atoms with van der Waals surface area (Å²) in [5.74, 6) is 0.154. The van der Waals surface area contributed by atoms with Crippen LogP contribution < -0.4 is 10.6 Å². The second-order valence-corrected chi connectivity index (χ2v) is 7.18. The van der Waals surface area contributed by atoms with E-state index < -0.39 is 0 Å². The third kappa shape index (κ3) is 5.21. The molecule has 3 rings (SSSR count). The third-order valence-corrected chi connectivity index (χ3v) is 5.24. The van der Waals surface area contributed by atoms with E-state index in [4.69, 9.17) is 0 Å². The first kappa shape index (κ1) is 17.8. The summed E-state index contributed by atoms with van der Waals surface area (Å²) in [4.78, 5) is 26.4. The van der Waals surface area contributed by atoms with Crippen LogP contribution in [0.3, 0.4) is 0 Å². The molecule has 0 radical (unpaired) electrons. The number of anilines is 1. The number of carbonyl (C=O) groups excluding carboxylic acids is 2. The van der Waals surface area contributed by atoms with Gasteiger partial charge in [-0.15, -0.1) is 0 Å². The lowest BCUT2D eigenvalue weighted by molar-refractivity contribution is -0.130. The summed E-state index contributed by atoms with van der Waals surface area (Å²) >= 11 is 0. The molecule has 1 aromatic rings. The van der Waals surface area contributed by atoms with Crippen molar-refractivity contribution in [3.05, 3.63) is 29.8 Å². The van der Waals surface area contributed by atoms with Gasteiger partial charge in [-0.25, -0.2) is 0 Å². The first-order valence-corrected chi connectivity index (χ1v) is 9.65. The van der Waals surface area contributed by atoms with Crippen LogP contribution in [0.4, 0.5) is 5.69 Å². The van der Waals surface area contributed by atoms with Gasteiger partial charge < -0.3 is 15.5 Å². The average molecular weight is 343 g/mol. The van der Waals surface area contributed by atoms with Crippen molar-refractivity contribution >= 4 is 17.5 Å². The first-order valence-electron chi connectivity index (χ1n) is 9.65. The van der Waals surface area contributed by atoms with Crippen molar-refractivity contribution in [3.8, 4) is 0 Å². The number of likely N-dealkylation sites (tertiary alicyclic amines) is 1. The number of hydrogen-bond acceptors (Lipinski definition) is 3. The van der Waals surface area contributed by atoms with E-state index >= 15 is 0 Å². The largest absolute Gasteiger partial charge is 0.376 e. The van der Waals surface area contributed by atoms with E-state index in [-0.39, 0.29) is 11.8 Å². The highest BCUT2D eigenvalue weighted by Crippen LogP contribution is 2.18. The van der Waals surface area contributed by atoms with Crippen LogP contribution in [0.1, 0.15) is 61.7 Å². The van der Waals surface area contributed by atoms with Gasteiger partial charge in [0, 0.05) is 30.4 Å². The summed E-state index contributed by atoms with van der Waals surface area (Å²) in [5, 5.41) is 6.29. The Labute approximate surface area is 150 Å². The molecule has 1 aromatic carbocycles. The SMILES string of the molecule is O=C(NC1CCCCC1)c1ccc(NCC(=O)N2CCCCC2)cc1. The Morgan fingerprint density at radius 1 is 0.920 bits per heavy atom. The molecule has 1 saturated carbocycles. The molecule has 0 spiro atoms. The van der Waals surface area contributed by atoms with Crippen LogP contribution in [0.2, 0.25) is 0 Å². The van der Waals surface area contributed by atoms with E-state index in [1.807, 2.05) is 29.2 Å². The predicted molar refractivity (Wildman–Crippen MR) is 99.7 cm³/mol. The third-order valence-electron chi connectivity index (χ3n) is 5.24. The van der Waals surface area contributed by atoms with Gasteiger partial charge in [-0.3, -0.25) is 9.59 Å².